The van der Waals surface area contributed by atoms with E-state index in [1.807, 2.05) is 0 Å². The molecule has 1 aromatic heterocycles. The summed E-state index contributed by atoms with van der Waals surface area (Å²) in [6.45, 7) is 0. The fraction of sp³-hybridized carbons (Fsp3) is 0.500. The number of ether oxygens (including phenoxy) is 1. The summed E-state index contributed by atoms with van der Waals surface area (Å²) in [5, 5.41) is 3.06. The number of hydrogen-bond acceptors (Lipinski definition) is 3. The van der Waals surface area contributed by atoms with E-state index in [1.165, 1.54) is 0 Å². The van der Waals surface area contributed by atoms with Crippen molar-refractivity contribution in [3.05, 3.63) is 23.5 Å². The van der Waals surface area contributed by atoms with Crippen molar-refractivity contribution in [2.24, 2.45) is 0 Å². The molecule has 0 atom stereocenters. The summed E-state index contributed by atoms with van der Waals surface area (Å²) in [4.78, 5) is 15.8. The van der Waals surface area contributed by atoms with E-state index in [0.29, 0.717) is 17.3 Å². The Morgan fingerprint density at radius 1 is 1.65 bits per heavy atom. The number of carbonyl (C=O) groups excluding carboxylic acids is 1. The number of amides is 1. The van der Waals surface area contributed by atoms with Crippen LogP contribution in [0.3, 0.4) is 0 Å². The first-order valence-corrected chi connectivity index (χ1v) is 5.98. The zero-order valence-corrected chi connectivity index (χ0v) is 10.5. The normalized spacial score (nSPS) is 17.3. The highest BCUT2D eigenvalue weighted by Crippen LogP contribution is 2.38. The number of carbonyl (C=O) groups is 1. The predicted octanol–water partition coefficient (Wildman–Crippen LogP) is 2.63. The zero-order valence-electron chi connectivity index (χ0n) is 9.70. The average Bonchev–Trinajstić information content (AvgIpc) is 2.27. The van der Waals surface area contributed by atoms with Crippen LogP contribution in [0.2, 0.25) is 5.15 Å². The molecule has 0 aromatic carbocycles. The molecule has 0 spiro atoms. The summed E-state index contributed by atoms with van der Waals surface area (Å²) in [6.07, 6.45) is 4.96. The van der Waals surface area contributed by atoms with Gasteiger partial charge in [-0.15, -0.1) is 0 Å². The molecule has 2 rings (SSSR count). The molecule has 1 aliphatic rings. The quantitative estimate of drug-likeness (QED) is 0.841. The summed E-state index contributed by atoms with van der Waals surface area (Å²) in [7, 11) is 1.66. The van der Waals surface area contributed by atoms with Crippen LogP contribution in [-0.4, -0.2) is 23.6 Å². The van der Waals surface area contributed by atoms with Gasteiger partial charge in [0.15, 0.2) is 5.15 Å². The van der Waals surface area contributed by atoms with Gasteiger partial charge >= 0.3 is 0 Å². The number of nitrogens with one attached hydrogen (secondary N) is 1. The summed E-state index contributed by atoms with van der Waals surface area (Å²) in [6, 6.07) is 3.46. The van der Waals surface area contributed by atoms with Gasteiger partial charge in [-0.1, -0.05) is 11.6 Å². The SMILES string of the molecule is COC1(CC(=O)Nc2cccnc2Cl)CCC1. The molecular formula is C12H15ClN2O2. The number of hydrogen-bond donors (Lipinski definition) is 1. The molecule has 0 unspecified atom stereocenters. The van der Waals surface area contributed by atoms with Gasteiger partial charge in [-0.2, -0.15) is 0 Å². The lowest BCUT2D eigenvalue weighted by atomic mass is 9.77. The van der Waals surface area contributed by atoms with Gasteiger partial charge in [0.2, 0.25) is 5.91 Å². The molecule has 0 aliphatic heterocycles. The zero-order chi connectivity index (χ0) is 12.3. The maximum absolute atomic E-state index is 11.9. The van der Waals surface area contributed by atoms with E-state index in [2.05, 4.69) is 10.3 Å². The minimum absolute atomic E-state index is 0.0820. The maximum atomic E-state index is 11.9. The van der Waals surface area contributed by atoms with Crippen LogP contribution in [0.1, 0.15) is 25.7 Å². The molecule has 92 valence electrons. The smallest absolute Gasteiger partial charge is 0.227 e. The second-order valence-electron chi connectivity index (χ2n) is 4.31. The lowest BCUT2D eigenvalue weighted by Crippen LogP contribution is -2.42. The van der Waals surface area contributed by atoms with Gasteiger partial charge < -0.3 is 10.1 Å². The van der Waals surface area contributed by atoms with Gasteiger partial charge in [-0.25, -0.2) is 4.98 Å². The van der Waals surface area contributed by atoms with Crippen LogP contribution in [-0.2, 0) is 9.53 Å². The second kappa shape index (κ2) is 5.02. The van der Waals surface area contributed by atoms with Crippen molar-refractivity contribution in [1.29, 1.82) is 0 Å². The van der Waals surface area contributed by atoms with E-state index in [4.69, 9.17) is 16.3 Å². The van der Waals surface area contributed by atoms with Crippen molar-refractivity contribution < 1.29 is 9.53 Å². The van der Waals surface area contributed by atoms with E-state index >= 15 is 0 Å². The number of rotatable bonds is 4. The number of halogens is 1. The highest BCUT2D eigenvalue weighted by atomic mass is 35.5. The number of nitrogens with zero attached hydrogens (tertiary/aromatic N) is 1. The largest absolute Gasteiger partial charge is 0.378 e. The molecule has 1 amide bonds. The van der Waals surface area contributed by atoms with Gasteiger partial charge in [0.25, 0.3) is 0 Å². The highest BCUT2D eigenvalue weighted by Gasteiger charge is 2.39. The lowest BCUT2D eigenvalue weighted by molar-refractivity contribution is -0.129. The van der Waals surface area contributed by atoms with E-state index in [-0.39, 0.29) is 11.5 Å². The second-order valence-corrected chi connectivity index (χ2v) is 4.67. The van der Waals surface area contributed by atoms with Crippen molar-refractivity contribution in [2.45, 2.75) is 31.3 Å². The number of anilines is 1. The molecule has 17 heavy (non-hydrogen) atoms. The van der Waals surface area contributed by atoms with E-state index in [0.717, 1.165) is 19.3 Å². The van der Waals surface area contributed by atoms with Crippen LogP contribution in [0.25, 0.3) is 0 Å². The summed E-state index contributed by atoms with van der Waals surface area (Å²) in [5.41, 5.74) is 0.281. The summed E-state index contributed by atoms with van der Waals surface area (Å²) in [5.74, 6) is -0.0820. The molecule has 1 N–H and O–H groups in total. The Morgan fingerprint density at radius 2 is 2.41 bits per heavy atom. The minimum Gasteiger partial charge on any atom is -0.378 e. The van der Waals surface area contributed by atoms with Gasteiger partial charge in [0.05, 0.1) is 17.7 Å². The fourth-order valence-corrected chi connectivity index (χ4v) is 2.16. The monoisotopic (exact) mass is 254 g/mol. The van der Waals surface area contributed by atoms with Crippen molar-refractivity contribution in [3.8, 4) is 0 Å². The third-order valence-corrected chi connectivity index (χ3v) is 3.51. The number of pyridine rings is 1. The Kier molecular flexibility index (Phi) is 3.64. The van der Waals surface area contributed by atoms with Gasteiger partial charge in [0, 0.05) is 13.3 Å². The average molecular weight is 255 g/mol. The summed E-state index contributed by atoms with van der Waals surface area (Å²) >= 11 is 5.86. The molecular weight excluding hydrogens is 240 g/mol. The third kappa shape index (κ3) is 2.76. The topological polar surface area (TPSA) is 51.2 Å². The van der Waals surface area contributed by atoms with Crippen LogP contribution in [0.5, 0.6) is 0 Å². The lowest BCUT2D eigenvalue weighted by Gasteiger charge is -2.39. The Balaban J connectivity index is 1.96. The maximum Gasteiger partial charge on any atom is 0.227 e. The van der Waals surface area contributed by atoms with Crippen LogP contribution in [0.4, 0.5) is 5.69 Å². The first kappa shape index (κ1) is 12.3. The number of methoxy groups -OCH3 is 1. The standard InChI is InChI=1S/C12H15ClN2O2/c1-17-12(5-3-6-12)8-10(16)15-9-4-2-7-14-11(9)13/h2,4,7H,3,5-6,8H2,1H3,(H,15,16). The van der Waals surface area contributed by atoms with Gasteiger partial charge in [0.1, 0.15) is 0 Å². The van der Waals surface area contributed by atoms with E-state index < -0.39 is 0 Å². The summed E-state index contributed by atoms with van der Waals surface area (Å²) < 4.78 is 5.40. The van der Waals surface area contributed by atoms with E-state index in [1.54, 1.807) is 25.4 Å². The van der Waals surface area contributed by atoms with Crippen LogP contribution in [0, 0.1) is 0 Å². The molecule has 1 aliphatic carbocycles. The first-order valence-electron chi connectivity index (χ1n) is 5.61. The van der Waals surface area contributed by atoms with Crippen molar-refractivity contribution in [3.63, 3.8) is 0 Å². The Bertz CT molecular complexity index is 413. The molecule has 0 saturated heterocycles. The van der Waals surface area contributed by atoms with Crippen molar-refractivity contribution in [2.75, 3.05) is 12.4 Å². The van der Waals surface area contributed by atoms with Crippen LogP contribution in [0.15, 0.2) is 18.3 Å². The molecule has 1 fully saturated rings. The van der Waals surface area contributed by atoms with Crippen LogP contribution < -0.4 is 5.32 Å². The van der Waals surface area contributed by atoms with Crippen LogP contribution >= 0.6 is 11.6 Å². The molecule has 1 heterocycles. The fourth-order valence-electron chi connectivity index (χ4n) is 1.99. The first-order chi connectivity index (χ1) is 8.15. The molecule has 1 aromatic rings. The van der Waals surface area contributed by atoms with Gasteiger partial charge in [-0.3, -0.25) is 4.79 Å². The molecule has 1 saturated carbocycles. The Morgan fingerprint density at radius 3 is 2.94 bits per heavy atom. The van der Waals surface area contributed by atoms with Crippen molar-refractivity contribution >= 4 is 23.2 Å². The molecule has 4 nitrogen and oxygen atoms in total. The number of aromatic nitrogens is 1. The predicted molar refractivity (Wildman–Crippen MR) is 66.1 cm³/mol. The Hall–Kier alpha value is -1.13. The van der Waals surface area contributed by atoms with E-state index in [9.17, 15) is 4.79 Å². The molecule has 0 bridgehead atoms. The Labute approximate surface area is 105 Å². The van der Waals surface area contributed by atoms with Gasteiger partial charge in [-0.05, 0) is 31.4 Å². The molecule has 0 radical (unpaired) electrons. The van der Waals surface area contributed by atoms with Crippen molar-refractivity contribution in [1.82, 2.24) is 4.98 Å². The highest BCUT2D eigenvalue weighted by molar-refractivity contribution is 6.32. The minimum atomic E-state index is -0.265. The third-order valence-electron chi connectivity index (χ3n) is 3.21. The molecule has 5 heteroatoms.